The van der Waals surface area contributed by atoms with Crippen LogP contribution >= 0.6 is 0 Å². The van der Waals surface area contributed by atoms with Gasteiger partial charge in [-0.1, -0.05) is 35.0 Å². The first-order valence-corrected chi connectivity index (χ1v) is 9.39. The summed E-state index contributed by atoms with van der Waals surface area (Å²) in [6.45, 7) is 4.32. The van der Waals surface area contributed by atoms with Gasteiger partial charge < -0.3 is 18.9 Å². The van der Waals surface area contributed by atoms with Crippen LogP contribution in [0.4, 0.5) is 0 Å². The molecule has 7 nitrogen and oxygen atoms in total. The van der Waals surface area contributed by atoms with Crippen molar-refractivity contribution in [3.63, 3.8) is 0 Å². The predicted octanol–water partition coefficient (Wildman–Crippen LogP) is 2.32. The molecule has 1 amide bonds. The molecule has 1 aromatic heterocycles. The molecule has 27 heavy (non-hydrogen) atoms. The fourth-order valence-corrected chi connectivity index (χ4v) is 3.18. The molecule has 2 aromatic rings. The number of carbonyl (C=O) groups is 1. The number of aromatic nitrogens is 2. The van der Waals surface area contributed by atoms with E-state index in [0.717, 1.165) is 24.9 Å². The fraction of sp³-hybridized carbons (Fsp3) is 0.550. The molecule has 0 aliphatic carbocycles. The predicted molar refractivity (Wildman–Crippen MR) is 99.2 cm³/mol. The molecular weight excluding hydrogens is 346 g/mol. The number of piperidine rings is 1. The van der Waals surface area contributed by atoms with Crippen molar-refractivity contribution >= 4 is 5.91 Å². The summed E-state index contributed by atoms with van der Waals surface area (Å²) in [6, 6.07) is 8.13. The minimum atomic E-state index is 0.0612. The Morgan fingerprint density at radius 2 is 2.15 bits per heavy atom. The summed E-state index contributed by atoms with van der Waals surface area (Å²) < 4.78 is 16.0. The zero-order valence-electron chi connectivity index (χ0n) is 16.0. The maximum absolute atomic E-state index is 12.6. The Bertz CT molecular complexity index is 729. The molecule has 2 heterocycles. The first-order chi connectivity index (χ1) is 13.1. The summed E-state index contributed by atoms with van der Waals surface area (Å²) >= 11 is 0. The van der Waals surface area contributed by atoms with Crippen molar-refractivity contribution in [2.75, 3.05) is 26.8 Å². The molecule has 7 heteroatoms. The molecule has 1 aliphatic heterocycles. The molecule has 0 radical (unpaired) electrons. The van der Waals surface area contributed by atoms with E-state index in [9.17, 15) is 4.79 Å². The summed E-state index contributed by atoms with van der Waals surface area (Å²) in [5, 5.41) is 3.90. The number of hydrogen-bond acceptors (Lipinski definition) is 6. The van der Waals surface area contributed by atoms with E-state index in [2.05, 4.69) is 10.1 Å². The number of amides is 1. The van der Waals surface area contributed by atoms with Gasteiger partial charge in [0.1, 0.15) is 6.61 Å². The van der Waals surface area contributed by atoms with Gasteiger partial charge in [0.2, 0.25) is 5.91 Å². The van der Waals surface area contributed by atoms with E-state index >= 15 is 0 Å². The molecule has 1 aromatic carbocycles. The van der Waals surface area contributed by atoms with Crippen LogP contribution in [0, 0.1) is 6.92 Å². The number of aryl methyl sites for hydroxylation is 1. The number of ether oxygens (including phenoxy) is 2. The molecule has 0 N–H and O–H groups in total. The minimum absolute atomic E-state index is 0.0612. The Labute approximate surface area is 159 Å². The minimum Gasteiger partial charge on any atom is -0.376 e. The lowest BCUT2D eigenvalue weighted by molar-refractivity contribution is -0.134. The molecule has 1 saturated heterocycles. The highest BCUT2D eigenvalue weighted by molar-refractivity contribution is 5.78. The Morgan fingerprint density at radius 1 is 1.33 bits per heavy atom. The molecule has 1 unspecified atom stereocenters. The van der Waals surface area contributed by atoms with Crippen LogP contribution in [0.5, 0.6) is 0 Å². The summed E-state index contributed by atoms with van der Waals surface area (Å²) in [7, 11) is 1.59. The first kappa shape index (κ1) is 19.5. The van der Waals surface area contributed by atoms with Crippen molar-refractivity contribution in [1.82, 2.24) is 15.0 Å². The van der Waals surface area contributed by atoms with Crippen molar-refractivity contribution in [1.29, 1.82) is 0 Å². The number of likely N-dealkylation sites (tertiary alicyclic amines) is 1. The largest absolute Gasteiger partial charge is 0.376 e. The third kappa shape index (κ3) is 5.87. The highest BCUT2D eigenvalue weighted by Crippen LogP contribution is 2.15. The number of hydrogen-bond donors (Lipinski definition) is 0. The van der Waals surface area contributed by atoms with Gasteiger partial charge in [0, 0.05) is 26.6 Å². The number of nitrogens with zero attached hydrogens (tertiary/aromatic N) is 3. The van der Waals surface area contributed by atoms with Crippen LogP contribution < -0.4 is 0 Å². The second-order valence-electron chi connectivity index (χ2n) is 6.92. The number of carbonyl (C=O) groups excluding carboxylic acids is 1. The Hall–Kier alpha value is -2.25. The van der Waals surface area contributed by atoms with Gasteiger partial charge in [-0.05, 0) is 25.3 Å². The van der Waals surface area contributed by atoms with Crippen molar-refractivity contribution in [2.45, 2.75) is 45.3 Å². The van der Waals surface area contributed by atoms with E-state index in [0.29, 0.717) is 44.3 Å². The van der Waals surface area contributed by atoms with E-state index in [-0.39, 0.29) is 12.0 Å². The van der Waals surface area contributed by atoms with Crippen LogP contribution in [0.1, 0.15) is 35.7 Å². The molecule has 0 bridgehead atoms. The number of methoxy groups -OCH3 is 1. The molecule has 0 saturated carbocycles. The topological polar surface area (TPSA) is 77.7 Å². The van der Waals surface area contributed by atoms with E-state index in [1.165, 1.54) is 5.56 Å². The van der Waals surface area contributed by atoms with Crippen molar-refractivity contribution in [3.05, 3.63) is 47.1 Å². The lowest BCUT2D eigenvalue weighted by atomic mass is 10.1. The maximum Gasteiger partial charge on any atom is 0.252 e. The van der Waals surface area contributed by atoms with Crippen molar-refractivity contribution < 1.29 is 18.8 Å². The van der Waals surface area contributed by atoms with Crippen LogP contribution in [0.3, 0.4) is 0 Å². The molecule has 146 valence electrons. The van der Waals surface area contributed by atoms with Crippen LogP contribution in [0.15, 0.2) is 28.8 Å². The SMILES string of the molecule is COCc1nc(CCOC2CCCN(C(=O)Cc3ccc(C)cc3)C2)no1. The fourth-order valence-electron chi connectivity index (χ4n) is 3.18. The van der Waals surface area contributed by atoms with Gasteiger partial charge in [0.15, 0.2) is 5.82 Å². The van der Waals surface area contributed by atoms with Gasteiger partial charge in [-0.25, -0.2) is 0 Å². The summed E-state index contributed by atoms with van der Waals surface area (Å²) in [5.41, 5.74) is 2.26. The second-order valence-corrected chi connectivity index (χ2v) is 6.92. The zero-order valence-corrected chi connectivity index (χ0v) is 16.0. The van der Waals surface area contributed by atoms with Crippen LogP contribution in [0.25, 0.3) is 0 Å². The molecule has 3 rings (SSSR count). The third-order valence-corrected chi connectivity index (χ3v) is 4.66. The van der Waals surface area contributed by atoms with E-state index in [1.807, 2.05) is 36.1 Å². The third-order valence-electron chi connectivity index (χ3n) is 4.66. The molecule has 1 atom stereocenters. The molecular formula is C20H27N3O4. The van der Waals surface area contributed by atoms with E-state index < -0.39 is 0 Å². The lowest BCUT2D eigenvalue weighted by Gasteiger charge is -2.32. The number of benzene rings is 1. The van der Waals surface area contributed by atoms with Gasteiger partial charge in [-0.2, -0.15) is 4.98 Å². The standard InChI is InChI=1S/C20H27N3O4/c1-15-5-7-16(8-6-15)12-20(24)23-10-3-4-17(13-23)26-11-9-18-21-19(14-25-2)27-22-18/h5-8,17H,3-4,9-14H2,1-2H3. The smallest absolute Gasteiger partial charge is 0.252 e. The number of rotatable bonds is 8. The van der Waals surface area contributed by atoms with Crippen molar-refractivity contribution in [2.24, 2.45) is 0 Å². The summed E-state index contributed by atoms with van der Waals surface area (Å²) in [4.78, 5) is 18.7. The Kier molecular flexibility index (Phi) is 6.95. The maximum atomic E-state index is 12.6. The first-order valence-electron chi connectivity index (χ1n) is 9.39. The molecule has 1 fully saturated rings. The van der Waals surface area contributed by atoms with Gasteiger partial charge in [-0.3, -0.25) is 4.79 Å². The monoisotopic (exact) mass is 373 g/mol. The summed E-state index contributed by atoms with van der Waals surface area (Å²) in [5.74, 6) is 1.25. The Balaban J connectivity index is 1.42. The molecule has 1 aliphatic rings. The molecule has 0 spiro atoms. The highest BCUT2D eigenvalue weighted by atomic mass is 16.5. The summed E-state index contributed by atoms with van der Waals surface area (Å²) in [6.07, 6.45) is 3.02. The van der Waals surface area contributed by atoms with Gasteiger partial charge >= 0.3 is 0 Å². The van der Waals surface area contributed by atoms with Gasteiger partial charge in [0.25, 0.3) is 5.89 Å². The lowest BCUT2D eigenvalue weighted by Crippen LogP contribution is -2.44. The second kappa shape index (κ2) is 9.62. The van der Waals surface area contributed by atoms with Gasteiger partial charge in [-0.15, -0.1) is 0 Å². The van der Waals surface area contributed by atoms with Crippen molar-refractivity contribution in [3.8, 4) is 0 Å². The van der Waals surface area contributed by atoms with Crippen LogP contribution in [-0.2, 0) is 33.7 Å². The highest BCUT2D eigenvalue weighted by Gasteiger charge is 2.24. The van der Waals surface area contributed by atoms with E-state index in [1.54, 1.807) is 7.11 Å². The average molecular weight is 373 g/mol. The Morgan fingerprint density at radius 3 is 2.93 bits per heavy atom. The normalized spacial score (nSPS) is 17.3. The van der Waals surface area contributed by atoms with E-state index in [4.69, 9.17) is 14.0 Å². The van der Waals surface area contributed by atoms with Crippen LogP contribution in [-0.4, -0.2) is 53.9 Å². The zero-order chi connectivity index (χ0) is 19.1. The van der Waals surface area contributed by atoms with Gasteiger partial charge in [0.05, 0.1) is 19.1 Å². The van der Waals surface area contributed by atoms with Crippen LogP contribution in [0.2, 0.25) is 0 Å². The average Bonchev–Trinajstić information content (AvgIpc) is 3.11. The quantitative estimate of drug-likeness (QED) is 0.707.